The summed E-state index contributed by atoms with van der Waals surface area (Å²) in [5, 5.41) is 6.04. The SMILES string of the molecule is CCCCC1CCC(C(=O)Nc2c(NCc3ccccc3)c(=O)[nH]c(=O)n2CCOC)CC1. The number of methoxy groups -OCH3 is 1. The molecular formula is C25H36N4O4. The van der Waals surface area contributed by atoms with Crippen LogP contribution in [0.4, 0.5) is 11.5 Å². The number of anilines is 2. The maximum atomic E-state index is 13.2. The lowest BCUT2D eigenvalue weighted by Gasteiger charge is -2.28. The van der Waals surface area contributed by atoms with Crippen LogP contribution in [0.25, 0.3) is 0 Å². The maximum Gasteiger partial charge on any atom is 0.330 e. The molecule has 3 rings (SSSR count). The molecule has 0 saturated heterocycles. The van der Waals surface area contributed by atoms with Gasteiger partial charge in [-0.25, -0.2) is 4.79 Å². The Bertz CT molecular complexity index is 1010. The molecule has 1 amide bonds. The van der Waals surface area contributed by atoms with Crippen LogP contribution in [-0.4, -0.2) is 29.2 Å². The summed E-state index contributed by atoms with van der Waals surface area (Å²) in [4.78, 5) is 40.8. The topological polar surface area (TPSA) is 105 Å². The maximum absolute atomic E-state index is 13.2. The van der Waals surface area contributed by atoms with E-state index in [1.807, 2.05) is 30.3 Å². The van der Waals surface area contributed by atoms with Crippen molar-refractivity contribution in [3.05, 3.63) is 56.7 Å². The van der Waals surface area contributed by atoms with Crippen molar-refractivity contribution in [1.82, 2.24) is 9.55 Å². The molecule has 0 bridgehead atoms. The number of amides is 1. The zero-order valence-electron chi connectivity index (χ0n) is 19.7. The molecule has 8 nitrogen and oxygen atoms in total. The molecule has 0 unspecified atom stereocenters. The Hall–Kier alpha value is -2.87. The molecule has 2 aromatic rings. The van der Waals surface area contributed by atoms with Gasteiger partial charge < -0.3 is 15.4 Å². The molecule has 1 aromatic heterocycles. The molecule has 0 spiro atoms. The Kier molecular flexibility index (Phi) is 9.30. The normalized spacial score (nSPS) is 18.1. The highest BCUT2D eigenvalue weighted by Gasteiger charge is 2.28. The number of hydrogen-bond acceptors (Lipinski definition) is 5. The summed E-state index contributed by atoms with van der Waals surface area (Å²) in [6.07, 6.45) is 7.41. The van der Waals surface area contributed by atoms with Gasteiger partial charge in [0.25, 0.3) is 5.56 Å². The Morgan fingerprint density at radius 2 is 1.88 bits per heavy atom. The summed E-state index contributed by atoms with van der Waals surface area (Å²) in [5.74, 6) is 0.643. The van der Waals surface area contributed by atoms with Gasteiger partial charge >= 0.3 is 5.69 Å². The number of carbonyl (C=O) groups is 1. The number of rotatable bonds is 11. The number of carbonyl (C=O) groups excluding carboxylic acids is 1. The first-order valence-corrected chi connectivity index (χ1v) is 12.0. The van der Waals surface area contributed by atoms with Crippen LogP contribution in [0.3, 0.4) is 0 Å². The molecule has 0 radical (unpaired) electrons. The molecule has 1 fully saturated rings. The molecule has 1 aromatic carbocycles. The van der Waals surface area contributed by atoms with Crippen LogP contribution in [0, 0.1) is 11.8 Å². The number of aromatic nitrogens is 2. The second-order valence-corrected chi connectivity index (χ2v) is 8.82. The highest BCUT2D eigenvalue weighted by molar-refractivity contribution is 5.94. The van der Waals surface area contributed by atoms with E-state index in [0.717, 1.165) is 31.2 Å². The van der Waals surface area contributed by atoms with Crippen molar-refractivity contribution in [3.63, 3.8) is 0 Å². The quantitative estimate of drug-likeness (QED) is 0.478. The van der Waals surface area contributed by atoms with Crippen molar-refractivity contribution < 1.29 is 9.53 Å². The average Bonchev–Trinajstić information content (AvgIpc) is 2.83. The van der Waals surface area contributed by atoms with Gasteiger partial charge in [-0.3, -0.25) is 19.1 Å². The molecule has 3 N–H and O–H groups in total. The fraction of sp³-hybridized carbons (Fsp3) is 0.560. The minimum Gasteiger partial charge on any atom is -0.383 e. The average molecular weight is 457 g/mol. The summed E-state index contributed by atoms with van der Waals surface area (Å²) in [6, 6.07) is 9.64. The lowest BCUT2D eigenvalue weighted by atomic mass is 9.79. The molecule has 1 saturated carbocycles. The third-order valence-corrected chi connectivity index (χ3v) is 6.46. The minimum absolute atomic E-state index is 0.116. The summed E-state index contributed by atoms with van der Waals surface area (Å²) >= 11 is 0. The van der Waals surface area contributed by atoms with Crippen molar-refractivity contribution >= 4 is 17.4 Å². The van der Waals surface area contributed by atoms with E-state index in [1.165, 1.54) is 23.8 Å². The largest absolute Gasteiger partial charge is 0.383 e. The number of hydrogen-bond donors (Lipinski definition) is 3. The van der Waals surface area contributed by atoms with Crippen LogP contribution in [0.1, 0.15) is 57.4 Å². The van der Waals surface area contributed by atoms with Crippen LogP contribution in [0.15, 0.2) is 39.9 Å². The molecule has 33 heavy (non-hydrogen) atoms. The van der Waals surface area contributed by atoms with Gasteiger partial charge in [0.05, 0.1) is 13.2 Å². The van der Waals surface area contributed by atoms with Crippen LogP contribution in [0.2, 0.25) is 0 Å². The Morgan fingerprint density at radius 3 is 2.55 bits per heavy atom. The highest BCUT2D eigenvalue weighted by Crippen LogP contribution is 2.33. The van der Waals surface area contributed by atoms with E-state index in [-0.39, 0.29) is 36.5 Å². The van der Waals surface area contributed by atoms with E-state index < -0.39 is 11.2 Å². The van der Waals surface area contributed by atoms with E-state index in [9.17, 15) is 14.4 Å². The zero-order valence-corrected chi connectivity index (χ0v) is 19.7. The fourth-order valence-corrected chi connectivity index (χ4v) is 4.47. The molecule has 0 aliphatic heterocycles. The lowest BCUT2D eigenvalue weighted by molar-refractivity contribution is -0.121. The molecule has 0 atom stereocenters. The third kappa shape index (κ3) is 6.81. The van der Waals surface area contributed by atoms with Gasteiger partial charge in [0.2, 0.25) is 5.91 Å². The van der Waals surface area contributed by atoms with Crippen molar-refractivity contribution in [2.45, 2.75) is 65.0 Å². The number of benzene rings is 1. The smallest absolute Gasteiger partial charge is 0.330 e. The number of aromatic amines is 1. The standard InChI is InChI=1S/C25H36N4O4/c1-3-4-8-18-11-13-20(14-12-18)23(30)27-22-21(26-17-19-9-6-5-7-10-19)24(31)28-25(32)29(22)15-16-33-2/h5-7,9-10,18,20,26H,3-4,8,11-17H2,1-2H3,(H,27,30)(H,28,31,32). The Balaban J connectivity index is 1.81. The summed E-state index contributed by atoms with van der Waals surface area (Å²) in [6.45, 7) is 3.08. The van der Waals surface area contributed by atoms with Gasteiger partial charge in [-0.1, -0.05) is 56.5 Å². The van der Waals surface area contributed by atoms with E-state index in [0.29, 0.717) is 12.5 Å². The second-order valence-electron chi connectivity index (χ2n) is 8.82. The van der Waals surface area contributed by atoms with E-state index >= 15 is 0 Å². The van der Waals surface area contributed by atoms with Crippen molar-refractivity contribution in [2.24, 2.45) is 11.8 Å². The monoisotopic (exact) mass is 456 g/mol. The Labute approximate surface area is 194 Å². The molecular weight excluding hydrogens is 420 g/mol. The number of nitrogens with zero attached hydrogens (tertiary/aromatic N) is 1. The van der Waals surface area contributed by atoms with Crippen molar-refractivity contribution in [1.29, 1.82) is 0 Å². The van der Waals surface area contributed by atoms with Gasteiger partial charge in [0.1, 0.15) is 11.5 Å². The molecule has 1 aliphatic carbocycles. The van der Waals surface area contributed by atoms with E-state index in [2.05, 4.69) is 22.5 Å². The summed E-state index contributed by atoms with van der Waals surface area (Å²) in [5.41, 5.74) is 0.0396. The molecule has 8 heteroatoms. The fourth-order valence-electron chi connectivity index (χ4n) is 4.47. The van der Waals surface area contributed by atoms with Crippen LogP contribution < -0.4 is 21.9 Å². The Morgan fingerprint density at radius 1 is 1.15 bits per heavy atom. The number of H-pyrrole nitrogens is 1. The van der Waals surface area contributed by atoms with Crippen LogP contribution in [0.5, 0.6) is 0 Å². The van der Waals surface area contributed by atoms with Crippen LogP contribution >= 0.6 is 0 Å². The van der Waals surface area contributed by atoms with Gasteiger partial charge in [-0.15, -0.1) is 0 Å². The lowest BCUT2D eigenvalue weighted by Crippen LogP contribution is -2.37. The second kappa shape index (κ2) is 12.4. The minimum atomic E-state index is -0.569. The predicted molar refractivity (Wildman–Crippen MR) is 131 cm³/mol. The summed E-state index contributed by atoms with van der Waals surface area (Å²) in [7, 11) is 1.54. The van der Waals surface area contributed by atoms with Gasteiger partial charge in [-0.2, -0.15) is 0 Å². The van der Waals surface area contributed by atoms with Crippen LogP contribution in [-0.2, 0) is 22.6 Å². The molecule has 1 aliphatic rings. The first kappa shape index (κ1) is 24.8. The molecule has 1 heterocycles. The van der Waals surface area contributed by atoms with Gasteiger partial charge in [-0.05, 0) is 37.2 Å². The highest BCUT2D eigenvalue weighted by atomic mass is 16.5. The third-order valence-electron chi connectivity index (χ3n) is 6.46. The van der Waals surface area contributed by atoms with Gasteiger partial charge in [0, 0.05) is 19.6 Å². The number of nitrogens with one attached hydrogen (secondary N) is 3. The first-order chi connectivity index (χ1) is 16.0. The van der Waals surface area contributed by atoms with Crippen molar-refractivity contribution in [2.75, 3.05) is 24.4 Å². The first-order valence-electron chi connectivity index (χ1n) is 12.0. The van der Waals surface area contributed by atoms with E-state index in [4.69, 9.17) is 4.74 Å². The predicted octanol–water partition coefficient (Wildman–Crippen LogP) is 3.73. The summed E-state index contributed by atoms with van der Waals surface area (Å²) < 4.78 is 6.50. The number of unbranched alkanes of at least 4 members (excludes halogenated alkanes) is 1. The zero-order chi connectivity index (χ0) is 23.6. The van der Waals surface area contributed by atoms with E-state index in [1.54, 1.807) is 7.11 Å². The number of ether oxygens (including phenoxy) is 1. The van der Waals surface area contributed by atoms with Gasteiger partial charge in [0.15, 0.2) is 0 Å². The van der Waals surface area contributed by atoms with Crippen molar-refractivity contribution in [3.8, 4) is 0 Å². The molecule has 180 valence electrons.